The second-order valence-corrected chi connectivity index (χ2v) is 12.8. The summed E-state index contributed by atoms with van der Waals surface area (Å²) in [4.78, 5) is 26.8. The van der Waals surface area contributed by atoms with E-state index in [-0.39, 0.29) is 50.8 Å². The molecule has 0 heterocycles. The van der Waals surface area contributed by atoms with Crippen molar-refractivity contribution in [1.29, 1.82) is 0 Å². The van der Waals surface area contributed by atoms with E-state index >= 15 is 0 Å². The van der Waals surface area contributed by atoms with Crippen LogP contribution in [-0.4, -0.2) is 69.8 Å². The third-order valence-corrected chi connectivity index (χ3v) is 8.18. The first kappa shape index (κ1) is 50.3. The van der Waals surface area contributed by atoms with E-state index in [1.165, 1.54) is 83.5 Å². The molecule has 0 saturated carbocycles. The maximum absolute atomic E-state index is 12.5. The molecule has 0 spiro atoms. The summed E-state index contributed by atoms with van der Waals surface area (Å²) < 4.78 is 11.2. The molecule has 7 nitrogen and oxygen atoms in total. The number of carbonyl (C=O) groups is 2. The Labute approximate surface area is 312 Å². The third kappa shape index (κ3) is 40.1. The average Bonchev–Trinajstić information content (AvgIpc) is 3.03. The fourth-order valence-corrected chi connectivity index (χ4v) is 5.45. The number of ether oxygens (including phenoxy) is 2. The van der Waals surface area contributed by atoms with Gasteiger partial charge < -0.3 is 25.4 Å². The van der Waals surface area contributed by atoms with Crippen molar-refractivity contribution in [3.63, 3.8) is 0 Å². The van der Waals surface area contributed by atoms with Crippen LogP contribution in [0.5, 0.6) is 0 Å². The Morgan fingerprint density at radius 3 is 1.54 bits per heavy atom. The topological polar surface area (TPSA) is 93.7 Å². The van der Waals surface area contributed by atoms with Gasteiger partial charge in [-0.1, -0.05) is 111 Å². The van der Waals surface area contributed by atoms with Crippen LogP contribution in [0.4, 0.5) is 0 Å². The normalized spacial score (nSPS) is 11.5. The minimum atomic E-state index is -0.0350. The van der Waals surface area contributed by atoms with E-state index in [4.69, 9.17) is 15.2 Å². The molecule has 0 aromatic carbocycles. The minimum Gasteiger partial charge on any atom is -0.677 e. The summed E-state index contributed by atoms with van der Waals surface area (Å²) in [6, 6.07) is 0. The van der Waals surface area contributed by atoms with Crippen molar-refractivity contribution in [3.8, 4) is 0 Å². The smallest absolute Gasteiger partial charge is 0.306 e. The number of nitrogens with zero attached hydrogens (tertiary/aromatic N) is 2. The van der Waals surface area contributed by atoms with Gasteiger partial charge in [-0.25, -0.2) is 0 Å². The van der Waals surface area contributed by atoms with E-state index in [9.17, 15) is 9.59 Å². The predicted octanol–water partition coefficient (Wildman–Crippen LogP) is 11.2. The van der Waals surface area contributed by atoms with E-state index in [1.807, 2.05) is 0 Å². The van der Waals surface area contributed by atoms with Gasteiger partial charge in [-0.3, -0.25) is 9.59 Å². The van der Waals surface area contributed by atoms with E-state index in [1.54, 1.807) is 14.1 Å². The number of unbranched alkanes of at least 4 members (excludes halogenated alkanes) is 15. The van der Waals surface area contributed by atoms with Crippen LogP contribution in [0.2, 0.25) is 0 Å². The van der Waals surface area contributed by atoms with Crippen LogP contribution in [0, 0.1) is 0 Å². The zero-order valence-corrected chi connectivity index (χ0v) is 34.2. The third-order valence-electron chi connectivity index (χ3n) is 8.18. The van der Waals surface area contributed by atoms with Crippen molar-refractivity contribution >= 4 is 11.9 Å². The van der Waals surface area contributed by atoms with Crippen molar-refractivity contribution in [1.82, 2.24) is 4.90 Å². The number of nitrogens with one attached hydrogen (secondary N) is 1. The standard InChI is InChI=1S/C36H71N2O4.C2H6N.Y/c1-4-7-10-18-26-34(25-17-8-5-2)42-36(40)28-20-14-12-16-22-31-38(32-24-29-37)30-21-15-11-13-19-27-35(39)41-33-23-9-6-3;1-3-2;/h34,37H,4-33H2,1-3H3;1-2H3;/q2*-1;. The predicted molar refractivity (Wildman–Crippen MR) is 194 cm³/mol. The van der Waals surface area contributed by atoms with Crippen LogP contribution in [0.1, 0.15) is 181 Å². The average molecular weight is 729 g/mol. The Kier molecular flexibility index (Phi) is 47.0. The fourth-order valence-electron chi connectivity index (χ4n) is 5.45. The van der Waals surface area contributed by atoms with Crippen LogP contribution in [0.3, 0.4) is 0 Å². The van der Waals surface area contributed by atoms with E-state index in [0.29, 0.717) is 26.0 Å². The van der Waals surface area contributed by atoms with E-state index < -0.39 is 0 Å². The minimum absolute atomic E-state index is 0. The Bertz CT molecular complexity index is 612. The Morgan fingerprint density at radius 1 is 0.587 bits per heavy atom. The molecule has 0 saturated heterocycles. The summed E-state index contributed by atoms with van der Waals surface area (Å²) in [7, 11) is 3.50. The molecule has 0 aliphatic heterocycles. The molecule has 0 amide bonds. The summed E-state index contributed by atoms with van der Waals surface area (Å²) in [5, 5.41) is 3.50. The van der Waals surface area contributed by atoms with Crippen molar-refractivity contribution in [2.75, 3.05) is 46.9 Å². The summed E-state index contributed by atoms with van der Waals surface area (Å²) in [6.45, 7) is 10.9. The van der Waals surface area contributed by atoms with E-state index in [2.05, 4.69) is 31.0 Å². The number of hydrogen-bond acceptors (Lipinski definition) is 5. The SMILES string of the molecule is CCCCCCC(CCCCC)OC(=O)CCCCCCCN(CCC[NH-])CCCCCCCC(=O)OCCCCC.C[N-]C.[Y]. The molecule has 0 aliphatic carbocycles. The molecule has 0 rings (SSSR count). The van der Waals surface area contributed by atoms with Gasteiger partial charge in [-0.2, -0.15) is 14.1 Å². The molecule has 1 radical (unpaired) electrons. The summed E-state index contributed by atoms with van der Waals surface area (Å²) in [6.07, 6.45) is 27.3. The molecule has 46 heavy (non-hydrogen) atoms. The van der Waals surface area contributed by atoms with Crippen LogP contribution >= 0.6 is 0 Å². The zero-order valence-electron chi connectivity index (χ0n) is 31.4. The molecule has 0 bridgehead atoms. The van der Waals surface area contributed by atoms with Gasteiger partial charge in [0.1, 0.15) is 6.10 Å². The maximum Gasteiger partial charge on any atom is 0.306 e. The van der Waals surface area contributed by atoms with Gasteiger partial charge in [0.15, 0.2) is 0 Å². The zero-order chi connectivity index (χ0) is 33.6. The number of carbonyl (C=O) groups excluding carboxylic acids is 2. The molecule has 0 aromatic rings. The summed E-state index contributed by atoms with van der Waals surface area (Å²) in [5.41, 5.74) is 7.54. The number of rotatable bonds is 33. The molecular formula is C38H77N3O4Y-2. The molecule has 0 aromatic heterocycles. The second kappa shape index (κ2) is 42.9. The van der Waals surface area contributed by atoms with Gasteiger partial charge in [0.2, 0.25) is 0 Å². The van der Waals surface area contributed by atoms with Gasteiger partial charge in [0, 0.05) is 45.6 Å². The number of esters is 2. The van der Waals surface area contributed by atoms with Gasteiger partial charge in [-0.15, -0.1) is 6.54 Å². The van der Waals surface area contributed by atoms with Gasteiger partial charge in [0.25, 0.3) is 0 Å². The van der Waals surface area contributed by atoms with Gasteiger partial charge in [-0.05, 0) is 77.4 Å². The summed E-state index contributed by atoms with van der Waals surface area (Å²) >= 11 is 0. The first-order valence-corrected chi connectivity index (χ1v) is 19.2. The van der Waals surface area contributed by atoms with Gasteiger partial charge >= 0.3 is 11.9 Å². The molecule has 1 unspecified atom stereocenters. The molecule has 1 N–H and O–H groups in total. The summed E-state index contributed by atoms with van der Waals surface area (Å²) in [5.74, 6) is -0.0249. The van der Waals surface area contributed by atoms with Crippen molar-refractivity contribution < 1.29 is 51.8 Å². The monoisotopic (exact) mass is 728 g/mol. The first-order chi connectivity index (χ1) is 22.0. The number of hydrogen-bond donors (Lipinski definition) is 0. The quantitative estimate of drug-likeness (QED) is 0.0495. The molecule has 273 valence electrons. The Hall–Kier alpha value is -0.0761. The largest absolute Gasteiger partial charge is 0.677 e. The molecule has 0 fully saturated rings. The van der Waals surface area contributed by atoms with Gasteiger partial charge in [0.05, 0.1) is 6.61 Å². The Balaban J connectivity index is -0.00000443. The van der Waals surface area contributed by atoms with Crippen molar-refractivity contribution in [2.45, 2.75) is 187 Å². The Morgan fingerprint density at radius 2 is 1.00 bits per heavy atom. The first-order valence-electron chi connectivity index (χ1n) is 19.2. The van der Waals surface area contributed by atoms with Crippen LogP contribution in [0.25, 0.3) is 11.1 Å². The molecule has 8 heteroatoms. The van der Waals surface area contributed by atoms with Crippen LogP contribution in [0.15, 0.2) is 0 Å². The molecular weight excluding hydrogens is 651 g/mol. The fraction of sp³-hybridized carbons (Fsp3) is 0.947. The van der Waals surface area contributed by atoms with Crippen LogP contribution < -0.4 is 0 Å². The molecule has 0 aliphatic rings. The second-order valence-electron chi connectivity index (χ2n) is 12.8. The molecule has 1 atom stereocenters. The maximum atomic E-state index is 12.5. The van der Waals surface area contributed by atoms with Crippen LogP contribution in [-0.2, 0) is 51.8 Å². The van der Waals surface area contributed by atoms with Crippen molar-refractivity contribution in [3.05, 3.63) is 11.1 Å². The van der Waals surface area contributed by atoms with Crippen molar-refractivity contribution in [2.24, 2.45) is 0 Å². The van der Waals surface area contributed by atoms with E-state index in [0.717, 1.165) is 83.8 Å².